The van der Waals surface area contributed by atoms with Gasteiger partial charge in [-0.05, 0) is 86.0 Å². The Hall–Kier alpha value is -4.64. The maximum absolute atomic E-state index is 5.52. The van der Waals surface area contributed by atoms with Crippen LogP contribution in [0.15, 0.2) is 119 Å². The summed E-state index contributed by atoms with van der Waals surface area (Å²) in [7, 11) is 0. The maximum atomic E-state index is 5.52. The van der Waals surface area contributed by atoms with E-state index in [-0.39, 0.29) is 12.2 Å². The van der Waals surface area contributed by atoms with E-state index in [9.17, 15) is 0 Å². The lowest BCUT2D eigenvalue weighted by atomic mass is 9.69. The summed E-state index contributed by atoms with van der Waals surface area (Å²) in [6.45, 7) is 4.76. The number of amidine groups is 1. The molecule has 1 N–H and O–H groups in total. The van der Waals surface area contributed by atoms with Gasteiger partial charge in [-0.2, -0.15) is 4.99 Å². The van der Waals surface area contributed by atoms with Crippen LogP contribution in [0.3, 0.4) is 0 Å². The summed E-state index contributed by atoms with van der Waals surface area (Å²) in [4.78, 5) is 13.7. The Balaban J connectivity index is 1.24. The Kier molecular flexibility index (Phi) is 7.25. The standard InChI is InChI=1S/C45H47N5/c1-28-23-25-37-36(26-28)40-34-21-13-12-20-33(34)39-35-24-22-29(2)27-38(35)50(42(39)41(40)49(37)32-18-10-5-11-19-32)45-47-43(30-14-6-3-7-15-30)46-44(48-45)31-16-8-4-9-17-31/h5-6,8,10-16,18-25,28-29,31,36-37,40-41,44H,3-4,7,9,17,26-27H2,1-2H3,(H,46,47,48). The van der Waals surface area contributed by atoms with Gasteiger partial charge in [-0.25, -0.2) is 4.99 Å². The quantitative estimate of drug-likeness (QED) is 0.285. The van der Waals surface area contributed by atoms with Crippen LogP contribution < -0.4 is 10.2 Å². The molecule has 8 unspecified atom stereocenters. The zero-order chi connectivity index (χ0) is 33.3. The third kappa shape index (κ3) is 4.72. The fourth-order valence-electron chi connectivity index (χ4n) is 10.3. The molecule has 2 aromatic carbocycles. The summed E-state index contributed by atoms with van der Waals surface area (Å²) in [5, 5.41) is 4.00. The van der Waals surface area contributed by atoms with E-state index in [0.717, 1.165) is 49.5 Å². The van der Waals surface area contributed by atoms with Crippen LogP contribution in [0.1, 0.15) is 86.8 Å². The van der Waals surface area contributed by atoms with E-state index in [0.29, 0.717) is 35.6 Å². The van der Waals surface area contributed by atoms with Crippen molar-refractivity contribution in [2.45, 2.75) is 83.0 Å². The average Bonchev–Trinajstić information content (AvgIpc) is 3.68. The highest BCUT2D eigenvalue weighted by Crippen LogP contribution is 2.62. The van der Waals surface area contributed by atoms with E-state index in [1.807, 2.05) is 0 Å². The van der Waals surface area contributed by atoms with Gasteiger partial charge in [0.25, 0.3) is 0 Å². The highest BCUT2D eigenvalue weighted by Gasteiger charge is 2.55. The Labute approximate surface area is 296 Å². The van der Waals surface area contributed by atoms with E-state index in [1.54, 1.807) is 0 Å². The molecule has 252 valence electrons. The van der Waals surface area contributed by atoms with Crippen LogP contribution in [0.25, 0.3) is 17.2 Å². The van der Waals surface area contributed by atoms with Crippen molar-refractivity contribution in [2.75, 3.05) is 4.90 Å². The first-order valence-corrected chi connectivity index (χ1v) is 19.2. The summed E-state index contributed by atoms with van der Waals surface area (Å²) in [5.41, 5.74) is 10.9. The smallest absolute Gasteiger partial charge is 0.211 e. The molecule has 5 nitrogen and oxygen atoms in total. The maximum Gasteiger partial charge on any atom is 0.211 e. The first kappa shape index (κ1) is 30.2. The number of aromatic nitrogens is 1. The van der Waals surface area contributed by atoms with Gasteiger partial charge >= 0.3 is 0 Å². The van der Waals surface area contributed by atoms with Crippen LogP contribution in [0.2, 0.25) is 0 Å². The second-order valence-electron chi connectivity index (χ2n) is 15.7. The number of benzene rings is 2. The molecule has 0 saturated carbocycles. The van der Waals surface area contributed by atoms with Gasteiger partial charge in [0.15, 0.2) is 5.84 Å². The number of fused-ring (bicyclic) bond motifs is 10. The van der Waals surface area contributed by atoms with E-state index in [2.05, 4.69) is 138 Å². The van der Waals surface area contributed by atoms with E-state index in [1.165, 1.54) is 52.2 Å². The Morgan fingerprint density at radius 3 is 2.56 bits per heavy atom. The summed E-state index contributed by atoms with van der Waals surface area (Å²) in [5.74, 6) is 4.05. The molecule has 1 aromatic heterocycles. The van der Waals surface area contributed by atoms with Crippen molar-refractivity contribution in [1.29, 1.82) is 0 Å². The molecule has 7 aliphatic rings. The Morgan fingerprint density at radius 1 is 0.840 bits per heavy atom. The molecule has 0 bridgehead atoms. The van der Waals surface area contributed by atoms with Crippen LogP contribution in [-0.4, -0.2) is 28.6 Å². The summed E-state index contributed by atoms with van der Waals surface area (Å²) in [6, 6.07) is 21.1. The van der Waals surface area contributed by atoms with Crippen molar-refractivity contribution in [3.05, 3.63) is 131 Å². The molecule has 1 saturated heterocycles. The molecule has 0 spiro atoms. The lowest BCUT2D eigenvalue weighted by Crippen LogP contribution is -2.47. The monoisotopic (exact) mass is 657 g/mol. The Morgan fingerprint density at radius 2 is 1.72 bits per heavy atom. The zero-order valence-electron chi connectivity index (χ0n) is 29.2. The fourth-order valence-corrected chi connectivity index (χ4v) is 10.3. The van der Waals surface area contributed by atoms with Crippen molar-refractivity contribution >= 4 is 23.6 Å². The number of hydrogen-bond donors (Lipinski definition) is 1. The van der Waals surface area contributed by atoms with E-state index in [4.69, 9.17) is 9.98 Å². The molecule has 2 aliphatic heterocycles. The van der Waals surface area contributed by atoms with Crippen molar-refractivity contribution < 1.29 is 0 Å². The number of allylic oxidation sites excluding steroid dienone is 5. The lowest BCUT2D eigenvalue weighted by molar-refractivity contribution is 0.365. The van der Waals surface area contributed by atoms with Gasteiger partial charge in [-0.15, -0.1) is 0 Å². The molecule has 50 heavy (non-hydrogen) atoms. The number of nitrogens with zero attached hydrogens (tertiary/aromatic N) is 4. The average molecular weight is 658 g/mol. The normalized spacial score (nSPS) is 31.8. The third-order valence-electron chi connectivity index (χ3n) is 12.4. The first-order chi connectivity index (χ1) is 24.6. The van der Waals surface area contributed by atoms with E-state index >= 15 is 0 Å². The van der Waals surface area contributed by atoms with E-state index < -0.39 is 0 Å². The van der Waals surface area contributed by atoms with Gasteiger partial charge < -0.3 is 10.2 Å². The second kappa shape index (κ2) is 12.0. The van der Waals surface area contributed by atoms with Gasteiger partial charge in [0, 0.05) is 39.9 Å². The van der Waals surface area contributed by atoms with Crippen molar-refractivity contribution in [1.82, 2.24) is 9.88 Å². The molecule has 1 fully saturated rings. The minimum Gasteiger partial charge on any atom is -0.356 e. The summed E-state index contributed by atoms with van der Waals surface area (Å²) < 4.78 is 2.61. The molecule has 5 heteroatoms. The van der Waals surface area contributed by atoms with Crippen molar-refractivity contribution in [3.63, 3.8) is 0 Å². The molecule has 0 amide bonds. The number of aliphatic imine (C=N–C) groups is 2. The minimum absolute atomic E-state index is 0.0534. The summed E-state index contributed by atoms with van der Waals surface area (Å²) >= 11 is 0. The number of para-hydroxylation sites is 1. The zero-order valence-corrected chi connectivity index (χ0v) is 29.2. The number of nitrogens with one attached hydrogen (secondary N) is 1. The molecule has 3 aromatic rings. The molecule has 0 radical (unpaired) electrons. The van der Waals surface area contributed by atoms with Crippen LogP contribution in [-0.2, 0) is 6.42 Å². The SMILES string of the molecule is CC1C=Cc2c3c(n(C4=NC(C5=CCCC=C5)=NC(C5C=CCCC5)N4)c2C1)C1C(c2ccccc2-3)C2CC(C)C=CC2N1c1ccccc1. The molecule has 10 rings (SSSR count). The van der Waals surface area contributed by atoms with Crippen LogP contribution in [0.4, 0.5) is 5.69 Å². The predicted octanol–water partition coefficient (Wildman–Crippen LogP) is 9.76. The lowest BCUT2D eigenvalue weighted by Gasteiger charge is -2.38. The fraction of sp³-hybridized carbons (Fsp3) is 0.378. The van der Waals surface area contributed by atoms with Gasteiger partial charge in [-0.3, -0.25) is 4.57 Å². The highest BCUT2D eigenvalue weighted by atomic mass is 15.3. The molecule has 5 aliphatic carbocycles. The molecular weight excluding hydrogens is 611 g/mol. The largest absolute Gasteiger partial charge is 0.356 e. The number of anilines is 1. The molecular formula is C45H47N5. The highest BCUT2D eigenvalue weighted by molar-refractivity contribution is 6.10. The number of hydrogen-bond acceptors (Lipinski definition) is 4. The van der Waals surface area contributed by atoms with Gasteiger partial charge in [0.1, 0.15) is 6.17 Å². The van der Waals surface area contributed by atoms with Crippen LogP contribution in [0, 0.1) is 23.7 Å². The first-order valence-electron chi connectivity index (χ1n) is 19.2. The van der Waals surface area contributed by atoms with Crippen LogP contribution >= 0.6 is 0 Å². The summed E-state index contributed by atoms with van der Waals surface area (Å²) in [6.07, 6.45) is 29.2. The van der Waals surface area contributed by atoms with Crippen LogP contribution in [0.5, 0.6) is 0 Å². The molecule has 3 heterocycles. The predicted molar refractivity (Wildman–Crippen MR) is 207 cm³/mol. The third-order valence-corrected chi connectivity index (χ3v) is 12.4. The number of rotatable bonds is 3. The second-order valence-corrected chi connectivity index (χ2v) is 15.7. The Bertz CT molecular complexity index is 2050. The molecule has 8 atom stereocenters. The van der Waals surface area contributed by atoms with Gasteiger partial charge in [-0.1, -0.05) is 111 Å². The topological polar surface area (TPSA) is 44.9 Å². The van der Waals surface area contributed by atoms with Gasteiger partial charge in [0.05, 0.1) is 17.8 Å². The van der Waals surface area contributed by atoms with Crippen molar-refractivity contribution in [3.8, 4) is 11.1 Å². The minimum atomic E-state index is -0.0534. The van der Waals surface area contributed by atoms with Gasteiger partial charge in [0.2, 0.25) is 5.96 Å². The van der Waals surface area contributed by atoms with Crippen molar-refractivity contribution in [2.24, 2.45) is 33.7 Å².